The average Bonchev–Trinajstić information content (AvgIpc) is 3.16. The quantitative estimate of drug-likeness (QED) is 0.896. The van der Waals surface area contributed by atoms with E-state index in [0.29, 0.717) is 11.7 Å². The maximum Gasteiger partial charge on any atom is 0.146 e. The molecule has 0 aromatic heterocycles. The molecule has 1 heterocycles. The summed E-state index contributed by atoms with van der Waals surface area (Å²) in [4.78, 5) is 2.02. The standard InChI is InChI=1S/C16H23FN2O/c1-11-15(7-8-20-11)19(2)16-6-3-12(9-14(16)17)10-18-13-4-5-13/h3,6,9,11,13,15,18H,4-5,7-8,10H2,1-2H3. The monoisotopic (exact) mass is 278 g/mol. The zero-order chi connectivity index (χ0) is 14.1. The van der Waals surface area contributed by atoms with Crippen LogP contribution >= 0.6 is 0 Å². The van der Waals surface area contributed by atoms with Gasteiger partial charge < -0.3 is 15.0 Å². The van der Waals surface area contributed by atoms with E-state index < -0.39 is 0 Å². The van der Waals surface area contributed by atoms with Crippen LogP contribution in [-0.2, 0) is 11.3 Å². The molecule has 1 N–H and O–H groups in total. The highest BCUT2D eigenvalue weighted by molar-refractivity contribution is 5.49. The van der Waals surface area contributed by atoms with Crippen LogP contribution in [0.4, 0.5) is 10.1 Å². The predicted octanol–water partition coefficient (Wildman–Crippen LogP) is 2.69. The molecule has 4 heteroatoms. The van der Waals surface area contributed by atoms with E-state index in [4.69, 9.17) is 4.74 Å². The summed E-state index contributed by atoms with van der Waals surface area (Å²) >= 11 is 0. The summed E-state index contributed by atoms with van der Waals surface area (Å²) in [7, 11) is 1.95. The second kappa shape index (κ2) is 5.70. The minimum Gasteiger partial charge on any atom is -0.376 e. The van der Waals surface area contributed by atoms with Crippen molar-refractivity contribution in [2.75, 3.05) is 18.6 Å². The van der Waals surface area contributed by atoms with Crippen molar-refractivity contribution in [3.8, 4) is 0 Å². The molecule has 2 aliphatic rings. The molecule has 3 rings (SSSR count). The first-order valence-electron chi connectivity index (χ1n) is 7.51. The highest BCUT2D eigenvalue weighted by Crippen LogP contribution is 2.27. The molecule has 0 amide bonds. The van der Waals surface area contributed by atoms with Gasteiger partial charge >= 0.3 is 0 Å². The summed E-state index contributed by atoms with van der Waals surface area (Å²) in [5, 5.41) is 3.41. The van der Waals surface area contributed by atoms with Gasteiger partial charge in [0.2, 0.25) is 0 Å². The first-order valence-corrected chi connectivity index (χ1v) is 7.51. The lowest BCUT2D eigenvalue weighted by molar-refractivity contribution is 0.118. The largest absolute Gasteiger partial charge is 0.376 e. The summed E-state index contributed by atoms with van der Waals surface area (Å²) in [6.07, 6.45) is 3.63. The van der Waals surface area contributed by atoms with Crippen LogP contribution < -0.4 is 10.2 Å². The van der Waals surface area contributed by atoms with Crippen LogP contribution in [0, 0.1) is 5.82 Å². The van der Waals surface area contributed by atoms with E-state index in [-0.39, 0.29) is 18.0 Å². The van der Waals surface area contributed by atoms with Crippen molar-refractivity contribution in [2.24, 2.45) is 0 Å². The number of hydrogen-bond acceptors (Lipinski definition) is 3. The molecule has 110 valence electrons. The number of rotatable bonds is 5. The molecule has 0 radical (unpaired) electrons. The average molecular weight is 278 g/mol. The normalized spacial score (nSPS) is 25.9. The van der Waals surface area contributed by atoms with Crippen LogP contribution in [0.15, 0.2) is 18.2 Å². The summed E-state index contributed by atoms with van der Waals surface area (Å²) in [5.41, 5.74) is 1.68. The lowest BCUT2D eigenvalue weighted by Gasteiger charge is -2.29. The van der Waals surface area contributed by atoms with E-state index in [1.165, 1.54) is 12.8 Å². The summed E-state index contributed by atoms with van der Waals surface area (Å²) in [6, 6.07) is 6.48. The molecule has 1 aromatic carbocycles. The van der Waals surface area contributed by atoms with Gasteiger partial charge in [0.1, 0.15) is 5.82 Å². The van der Waals surface area contributed by atoms with Crippen LogP contribution in [0.3, 0.4) is 0 Å². The zero-order valence-corrected chi connectivity index (χ0v) is 12.2. The summed E-state index contributed by atoms with van der Waals surface area (Å²) in [6.45, 7) is 3.58. The van der Waals surface area contributed by atoms with E-state index in [1.54, 1.807) is 6.07 Å². The van der Waals surface area contributed by atoms with Crippen molar-refractivity contribution in [2.45, 2.75) is 50.9 Å². The van der Waals surface area contributed by atoms with Gasteiger partial charge in [-0.15, -0.1) is 0 Å². The Morgan fingerprint density at radius 3 is 2.75 bits per heavy atom. The van der Waals surface area contributed by atoms with Crippen LogP contribution in [0.25, 0.3) is 0 Å². The molecule has 3 nitrogen and oxygen atoms in total. The van der Waals surface area contributed by atoms with Crippen molar-refractivity contribution < 1.29 is 9.13 Å². The van der Waals surface area contributed by atoms with Gasteiger partial charge in [-0.25, -0.2) is 4.39 Å². The van der Waals surface area contributed by atoms with Crippen molar-refractivity contribution in [3.63, 3.8) is 0 Å². The summed E-state index contributed by atoms with van der Waals surface area (Å²) < 4.78 is 19.9. The SMILES string of the molecule is CC1OCCC1N(C)c1ccc(CNC2CC2)cc1F. The fourth-order valence-corrected chi connectivity index (χ4v) is 2.90. The number of nitrogens with one attached hydrogen (secondary N) is 1. The van der Waals surface area contributed by atoms with E-state index in [2.05, 4.69) is 12.2 Å². The molecule has 1 aromatic rings. The Morgan fingerprint density at radius 2 is 2.15 bits per heavy atom. The van der Waals surface area contributed by atoms with Gasteiger partial charge in [-0.2, -0.15) is 0 Å². The molecule has 1 saturated heterocycles. The summed E-state index contributed by atoms with van der Waals surface area (Å²) in [5.74, 6) is -0.137. The van der Waals surface area contributed by atoms with Gasteiger partial charge in [0.25, 0.3) is 0 Å². The van der Waals surface area contributed by atoms with Crippen molar-refractivity contribution in [1.29, 1.82) is 0 Å². The van der Waals surface area contributed by atoms with Gasteiger partial charge in [-0.3, -0.25) is 0 Å². The lowest BCUT2D eigenvalue weighted by Crippen LogP contribution is -2.37. The molecule has 2 atom stereocenters. The number of ether oxygens (including phenoxy) is 1. The second-order valence-corrected chi connectivity index (χ2v) is 5.98. The minimum absolute atomic E-state index is 0.137. The number of halogens is 1. The maximum atomic E-state index is 14.3. The smallest absolute Gasteiger partial charge is 0.146 e. The first kappa shape index (κ1) is 13.8. The van der Waals surface area contributed by atoms with Crippen molar-refractivity contribution >= 4 is 5.69 Å². The maximum absolute atomic E-state index is 14.3. The molecule has 2 fully saturated rings. The Bertz CT molecular complexity index is 476. The van der Waals surface area contributed by atoms with E-state index in [1.807, 2.05) is 24.1 Å². The molecule has 2 unspecified atom stereocenters. The number of anilines is 1. The number of benzene rings is 1. The minimum atomic E-state index is -0.137. The Morgan fingerprint density at radius 1 is 1.35 bits per heavy atom. The lowest BCUT2D eigenvalue weighted by atomic mass is 10.1. The van der Waals surface area contributed by atoms with Gasteiger partial charge in [0.15, 0.2) is 0 Å². The van der Waals surface area contributed by atoms with Crippen LogP contribution in [0.5, 0.6) is 0 Å². The Hall–Kier alpha value is -1.13. The van der Waals surface area contributed by atoms with Crippen molar-refractivity contribution in [3.05, 3.63) is 29.6 Å². The topological polar surface area (TPSA) is 24.5 Å². The van der Waals surface area contributed by atoms with Crippen LogP contribution in [-0.4, -0.2) is 31.8 Å². The molecule has 0 bridgehead atoms. The highest BCUT2D eigenvalue weighted by Gasteiger charge is 2.29. The molecule has 20 heavy (non-hydrogen) atoms. The second-order valence-electron chi connectivity index (χ2n) is 5.98. The number of likely N-dealkylation sites (N-methyl/N-ethyl adjacent to an activating group) is 1. The van der Waals surface area contributed by atoms with E-state index in [0.717, 1.165) is 25.1 Å². The third kappa shape index (κ3) is 2.96. The molecule has 1 aliphatic heterocycles. The number of hydrogen-bond donors (Lipinski definition) is 1. The Kier molecular flexibility index (Phi) is 3.94. The highest BCUT2D eigenvalue weighted by atomic mass is 19.1. The third-order valence-corrected chi connectivity index (χ3v) is 4.40. The Balaban J connectivity index is 1.69. The van der Waals surface area contributed by atoms with Crippen LogP contribution in [0.1, 0.15) is 31.7 Å². The Labute approximate surface area is 120 Å². The molecular weight excluding hydrogens is 255 g/mol. The fraction of sp³-hybridized carbons (Fsp3) is 0.625. The molecular formula is C16H23FN2O. The first-order chi connectivity index (χ1) is 9.65. The predicted molar refractivity (Wildman–Crippen MR) is 78.5 cm³/mol. The van der Waals surface area contributed by atoms with Gasteiger partial charge in [-0.1, -0.05) is 6.07 Å². The third-order valence-electron chi connectivity index (χ3n) is 4.40. The fourth-order valence-electron chi connectivity index (χ4n) is 2.90. The van der Waals surface area contributed by atoms with E-state index in [9.17, 15) is 4.39 Å². The van der Waals surface area contributed by atoms with E-state index >= 15 is 0 Å². The van der Waals surface area contributed by atoms with Gasteiger partial charge in [0.05, 0.1) is 17.8 Å². The molecule has 1 aliphatic carbocycles. The molecule has 0 spiro atoms. The van der Waals surface area contributed by atoms with Crippen molar-refractivity contribution in [1.82, 2.24) is 5.32 Å². The zero-order valence-electron chi connectivity index (χ0n) is 12.2. The van der Waals surface area contributed by atoms with Gasteiger partial charge in [-0.05, 0) is 43.9 Å². The van der Waals surface area contributed by atoms with Crippen LogP contribution in [0.2, 0.25) is 0 Å². The van der Waals surface area contributed by atoms with Gasteiger partial charge in [0, 0.05) is 26.2 Å². The molecule has 1 saturated carbocycles. The number of nitrogens with zero attached hydrogens (tertiary/aromatic N) is 1.